The van der Waals surface area contributed by atoms with E-state index in [4.69, 9.17) is 5.73 Å². The van der Waals surface area contributed by atoms with E-state index in [0.29, 0.717) is 19.4 Å². The zero-order valence-electron chi connectivity index (χ0n) is 11.6. The molecule has 1 unspecified atom stereocenters. The predicted octanol–water partition coefficient (Wildman–Crippen LogP) is 0.476. The third-order valence-electron chi connectivity index (χ3n) is 3.50. The Morgan fingerprint density at radius 1 is 1.45 bits per heavy atom. The average Bonchev–Trinajstić information content (AvgIpc) is 2.87. The summed E-state index contributed by atoms with van der Waals surface area (Å²) in [4.78, 5) is 11.9. The molecule has 1 amide bonds. The van der Waals surface area contributed by atoms with Crippen molar-refractivity contribution in [3.63, 3.8) is 0 Å². The van der Waals surface area contributed by atoms with Gasteiger partial charge >= 0.3 is 0 Å². The van der Waals surface area contributed by atoms with E-state index < -0.39 is 16.1 Å². The van der Waals surface area contributed by atoms with Crippen LogP contribution in [-0.2, 0) is 14.8 Å². The number of nitrogens with one attached hydrogen (secondary N) is 1. The normalized spacial score (nSPS) is 20.0. The molecule has 110 valence electrons. The van der Waals surface area contributed by atoms with E-state index in [-0.39, 0.29) is 16.5 Å². The maximum atomic E-state index is 12.7. The van der Waals surface area contributed by atoms with Gasteiger partial charge in [-0.15, -0.1) is 0 Å². The lowest BCUT2D eigenvalue weighted by Gasteiger charge is -2.23. The number of rotatable bonds is 3. The van der Waals surface area contributed by atoms with Crippen molar-refractivity contribution in [2.24, 2.45) is 0 Å². The maximum absolute atomic E-state index is 12.7. The highest BCUT2D eigenvalue weighted by Gasteiger charge is 2.39. The Morgan fingerprint density at radius 2 is 2.15 bits per heavy atom. The SMILES string of the molecule is CNC(=O)C1CCCN1S(=O)(=O)c1ccc(C)cc1N. The lowest BCUT2D eigenvalue weighted by Crippen LogP contribution is -2.44. The van der Waals surface area contributed by atoms with Crippen LogP contribution in [0.1, 0.15) is 18.4 Å². The Morgan fingerprint density at radius 3 is 2.75 bits per heavy atom. The number of nitrogens with zero attached hydrogens (tertiary/aromatic N) is 1. The van der Waals surface area contributed by atoms with Crippen LogP contribution in [0.5, 0.6) is 0 Å². The molecule has 1 atom stereocenters. The number of likely N-dealkylation sites (N-methyl/N-ethyl adjacent to an activating group) is 1. The van der Waals surface area contributed by atoms with Gasteiger partial charge in [0.1, 0.15) is 10.9 Å². The summed E-state index contributed by atoms with van der Waals surface area (Å²) in [7, 11) is -2.24. The second kappa shape index (κ2) is 5.41. The Kier molecular flexibility index (Phi) is 4.01. The molecule has 20 heavy (non-hydrogen) atoms. The van der Waals surface area contributed by atoms with E-state index in [0.717, 1.165) is 5.56 Å². The van der Waals surface area contributed by atoms with Gasteiger partial charge in [0.05, 0.1) is 5.69 Å². The number of carbonyl (C=O) groups excluding carboxylic acids is 1. The fraction of sp³-hybridized carbons (Fsp3) is 0.462. The number of amides is 1. The van der Waals surface area contributed by atoms with Crippen molar-refractivity contribution in [1.82, 2.24) is 9.62 Å². The summed E-state index contributed by atoms with van der Waals surface area (Å²) in [5, 5.41) is 2.51. The van der Waals surface area contributed by atoms with Crippen molar-refractivity contribution in [1.29, 1.82) is 0 Å². The Labute approximate surface area is 119 Å². The largest absolute Gasteiger partial charge is 0.398 e. The minimum absolute atomic E-state index is 0.0684. The average molecular weight is 297 g/mol. The van der Waals surface area contributed by atoms with Crippen LogP contribution in [0.25, 0.3) is 0 Å². The summed E-state index contributed by atoms with van der Waals surface area (Å²) in [6.07, 6.45) is 1.20. The van der Waals surface area contributed by atoms with Gasteiger partial charge in [0, 0.05) is 13.6 Å². The molecule has 0 bridgehead atoms. The standard InChI is InChI=1S/C13H19N3O3S/c1-9-5-6-12(10(14)8-9)20(18,19)16-7-3-4-11(16)13(17)15-2/h5-6,8,11H,3-4,7,14H2,1-2H3,(H,15,17). The topological polar surface area (TPSA) is 92.5 Å². The molecule has 6 nitrogen and oxygen atoms in total. The molecule has 1 saturated heterocycles. The highest BCUT2D eigenvalue weighted by molar-refractivity contribution is 7.89. The summed E-state index contributed by atoms with van der Waals surface area (Å²) in [5.74, 6) is -0.281. The van der Waals surface area contributed by atoms with Crippen LogP contribution in [0.4, 0.5) is 5.69 Å². The molecule has 1 fully saturated rings. The molecule has 0 saturated carbocycles. The molecule has 0 spiro atoms. The molecule has 0 aromatic heterocycles. The molecule has 3 N–H and O–H groups in total. The maximum Gasteiger partial charge on any atom is 0.245 e. The smallest absolute Gasteiger partial charge is 0.245 e. The van der Waals surface area contributed by atoms with Gasteiger partial charge in [0.15, 0.2) is 0 Å². The number of nitrogens with two attached hydrogens (primary N) is 1. The molecular formula is C13H19N3O3S. The molecule has 7 heteroatoms. The van der Waals surface area contributed by atoms with Crippen molar-refractivity contribution < 1.29 is 13.2 Å². The van der Waals surface area contributed by atoms with E-state index in [1.807, 2.05) is 6.92 Å². The number of nitrogen functional groups attached to an aromatic ring is 1. The Bertz CT molecular complexity index is 628. The van der Waals surface area contributed by atoms with Crippen LogP contribution in [0.2, 0.25) is 0 Å². The first kappa shape index (κ1) is 14.8. The summed E-state index contributed by atoms with van der Waals surface area (Å²) >= 11 is 0. The van der Waals surface area contributed by atoms with Gasteiger partial charge in [0.25, 0.3) is 0 Å². The molecule has 1 aliphatic heterocycles. The number of sulfonamides is 1. The van der Waals surface area contributed by atoms with Crippen LogP contribution in [0.3, 0.4) is 0 Å². The number of anilines is 1. The number of hydrogen-bond acceptors (Lipinski definition) is 4. The second-order valence-corrected chi connectivity index (χ2v) is 6.79. The number of hydrogen-bond donors (Lipinski definition) is 2. The van der Waals surface area contributed by atoms with E-state index in [9.17, 15) is 13.2 Å². The van der Waals surface area contributed by atoms with E-state index >= 15 is 0 Å². The number of carbonyl (C=O) groups is 1. The molecule has 1 heterocycles. The Balaban J connectivity index is 2.41. The highest BCUT2D eigenvalue weighted by atomic mass is 32.2. The van der Waals surface area contributed by atoms with Crippen LogP contribution in [0, 0.1) is 6.92 Å². The van der Waals surface area contributed by atoms with Gasteiger partial charge in [-0.05, 0) is 37.5 Å². The van der Waals surface area contributed by atoms with Gasteiger partial charge in [0.2, 0.25) is 15.9 Å². The zero-order chi connectivity index (χ0) is 14.9. The third kappa shape index (κ3) is 2.51. The van der Waals surface area contributed by atoms with Gasteiger partial charge in [-0.2, -0.15) is 4.31 Å². The molecule has 1 aromatic carbocycles. The van der Waals surface area contributed by atoms with Crippen LogP contribution in [0.15, 0.2) is 23.1 Å². The molecule has 0 radical (unpaired) electrons. The zero-order valence-corrected chi connectivity index (χ0v) is 12.4. The van der Waals surface area contributed by atoms with Gasteiger partial charge < -0.3 is 11.1 Å². The summed E-state index contributed by atoms with van der Waals surface area (Å²) < 4.78 is 26.6. The van der Waals surface area contributed by atoms with Crippen LogP contribution >= 0.6 is 0 Å². The number of benzene rings is 1. The fourth-order valence-electron chi connectivity index (χ4n) is 2.49. The summed E-state index contributed by atoms with van der Waals surface area (Å²) in [6, 6.07) is 4.18. The molecule has 2 rings (SSSR count). The first-order valence-corrected chi connectivity index (χ1v) is 7.91. The van der Waals surface area contributed by atoms with Crippen LogP contribution < -0.4 is 11.1 Å². The summed E-state index contributed by atoms with van der Waals surface area (Å²) in [5.41, 5.74) is 6.93. The lowest BCUT2D eigenvalue weighted by molar-refractivity contribution is -0.123. The van der Waals surface area contributed by atoms with Crippen LogP contribution in [-0.4, -0.2) is 38.3 Å². The van der Waals surface area contributed by atoms with E-state index in [1.165, 1.54) is 17.4 Å². The van der Waals surface area contributed by atoms with E-state index in [2.05, 4.69) is 5.32 Å². The Hall–Kier alpha value is -1.60. The molecule has 1 aromatic rings. The quantitative estimate of drug-likeness (QED) is 0.794. The lowest BCUT2D eigenvalue weighted by atomic mass is 10.2. The van der Waals surface area contributed by atoms with Crippen molar-refractivity contribution >= 4 is 21.6 Å². The van der Waals surface area contributed by atoms with Gasteiger partial charge in [-0.25, -0.2) is 8.42 Å². The van der Waals surface area contributed by atoms with Gasteiger partial charge in [-0.1, -0.05) is 6.07 Å². The minimum Gasteiger partial charge on any atom is -0.398 e. The first-order valence-electron chi connectivity index (χ1n) is 6.47. The third-order valence-corrected chi connectivity index (χ3v) is 5.49. The fourth-order valence-corrected chi connectivity index (χ4v) is 4.24. The first-order chi connectivity index (χ1) is 9.37. The minimum atomic E-state index is -3.74. The van der Waals surface area contributed by atoms with E-state index in [1.54, 1.807) is 12.1 Å². The van der Waals surface area contributed by atoms with Crippen molar-refractivity contribution in [2.45, 2.75) is 30.7 Å². The highest BCUT2D eigenvalue weighted by Crippen LogP contribution is 2.29. The second-order valence-electron chi connectivity index (χ2n) is 4.93. The summed E-state index contributed by atoms with van der Waals surface area (Å²) in [6.45, 7) is 2.18. The van der Waals surface area contributed by atoms with Crippen molar-refractivity contribution in [2.75, 3.05) is 19.3 Å². The molecule has 0 aliphatic carbocycles. The number of aryl methyl sites for hydroxylation is 1. The monoisotopic (exact) mass is 297 g/mol. The van der Waals surface area contributed by atoms with Crippen molar-refractivity contribution in [3.8, 4) is 0 Å². The van der Waals surface area contributed by atoms with Gasteiger partial charge in [-0.3, -0.25) is 4.79 Å². The van der Waals surface area contributed by atoms with Crippen molar-refractivity contribution in [3.05, 3.63) is 23.8 Å². The molecular weight excluding hydrogens is 278 g/mol. The predicted molar refractivity (Wildman–Crippen MR) is 76.6 cm³/mol. The molecule has 1 aliphatic rings.